The van der Waals surface area contributed by atoms with Gasteiger partial charge in [0.1, 0.15) is 16.9 Å². The highest BCUT2D eigenvalue weighted by Gasteiger charge is 2.45. The SMILES string of the molecule is Cc1ccc2oc3c(c(=O)c2c1)[C@@H](c1cccc(F)c1)N(c1nncs1)C3=O. The Balaban J connectivity index is 1.85. The summed E-state index contributed by atoms with van der Waals surface area (Å²) in [7, 11) is 0. The molecule has 1 aliphatic rings. The van der Waals surface area contributed by atoms with Crippen molar-refractivity contribution in [1.29, 1.82) is 0 Å². The summed E-state index contributed by atoms with van der Waals surface area (Å²) in [5, 5.41) is 8.46. The fourth-order valence-corrected chi connectivity index (χ4v) is 4.13. The fraction of sp³-hybridized carbons (Fsp3) is 0.100. The first-order valence-corrected chi connectivity index (χ1v) is 9.35. The molecule has 5 rings (SSSR count). The van der Waals surface area contributed by atoms with Crippen molar-refractivity contribution in [3.63, 3.8) is 0 Å². The van der Waals surface area contributed by atoms with E-state index in [0.29, 0.717) is 21.7 Å². The minimum absolute atomic E-state index is 0.0502. The summed E-state index contributed by atoms with van der Waals surface area (Å²) in [4.78, 5) is 27.8. The topological polar surface area (TPSA) is 76.3 Å². The molecule has 1 amide bonds. The fourth-order valence-electron chi connectivity index (χ4n) is 3.55. The second-order valence-corrected chi connectivity index (χ2v) is 7.34. The first-order chi connectivity index (χ1) is 13.5. The standard InChI is InChI=1S/C20H12FN3O3S/c1-10-5-6-14-13(7-10)17(25)15-16(11-3-2-4-12(21)8-11)24(19(26)18(15)27-14)20-23-22-9-28-20/h2-9,16H,1H3/t16-/m1/s1. The van der Waals surface area contributed by atoms with E-state index in [1.165, 1.54) is 28.6 Å². The van der Waals surface area contributed by atoms with Crippen molar-refractivity contribution in [3.05, 3.63) is 86.5 Å². The molecule has 0 radical (unpaired) electrons. The smallest absolute Gasteiger partial charge is 0.297 e. The Hall–Kier alpha value is -3.39. The van der Waals surface area contributed by atoms with Crippen molar-refractivity contribution in [3.8, 4) is 0 Å². The van der Waals surface area contributed by atoms with Crippen LogP contribution in [0.2, 0.25) is 0 Å². The number of hydrogen-bond acceptors (Lipinski definition) is 6. The average Bonchev–Trinajstić information content (AvgIpc) is 3.29. The summed E-state index contributed by atoms with van der Waals surface area (Å²) >= 11 is 1.16. The lowest BCUT2D eigenvalue weighted by atomic mass is 9.98. The molecule has 8 heteroatoms. The Kier molecular flexibility index (Phi) is 3.63. The molecular weight excluding hydrogens is 381 g/mol. The van der Waals surface area contributed by atoms with Crippen LogP contribution in [0.5, 0.6) is 0 Å². The largest absolute Gasteiger partial charge is 0.450 e. The van der Waals surface area contributed by atoms with Crippen molar-refractivity contribution in [2.75, 3.05) is 4.90 Å². The number of halogens is 1. The lowest BCUT2D eigenvalue weighted by Crippen LogP contribution is -2.29. The molecule has 1 aliphatic heterocycles. The van der Waals surface area contributed by atoms with Crippen LogP contribution in [-0.2, 0) is 0 Å². The summed E-state index contributed by atoms with van der Waals surface area (Å²) in [6.45, 7) is 1.87. The van der Waals surface area contributed by atoms with E-state index in [0.717, 1.165) is 16.9 Å². The maximum Gasteiger partial charge on any atom is 0.297 e. The Morgan fingerprint density at radius 3 is 2.79 bits per heavy atom. The van der Waals surface area contributed by atoms with Crippen LogP contribution in [0.1, 0.15) is 33.3 Å². The second kappa shape index (κ2) is 6.07. The van der Waals surface area contributed by atoms with E-state index in [4.69, 9.17) is 4.42 Å². The molecule has 1 atom stereocenters. The van der Waals surface area contributed by atoms with Gasteiger partial charge in [0.05, 0.1) is 17.0 Å². The molecule has 2 aromatic carbocycles. The third-order valence-electron chi connectivity index (χ3n) is 4.74. The number of rotatable bonds is 2. The molecule has 0 saturated heterocycles. The monoisotopic (exact) mass is 393 g/mol. The van der Waals surface area contributed by atoms with Gasteiger partial charge in [0.2, 0.25) is 10.9 Å². The number of nitrogens with zero attached hydrogens (tertiary/aromatic N) is 3. The van der Waals surface area contributed by atoms with Gasteiger partial charge in [-0.2, -0.15) is 0 Å². The van der Waals surface area contributed by atoms with E-state index >= 15 is 0 Å². The molecule has 6 nitrogen and oxygen atoms in total. The Morgan fingerprint density at radius 2 is 2.04 bits per heavy atom. The van der Waals surface area contributed by atoms with Crippen molar-refractivity contribution in [1.82, 2.24) is 10.2 Å². The highest BCUT2D eigenvalue weighted by molar-refractivity contribution is 7.13. The van der Waals surface area contributed by atoms with Crippen LogP contribution in [0, 0.1) is 12.7 Å². The molecule has 28 heavy (non-hydrogen) atoms. The van der Waals surface area contributed by atoms with Crippen LogP contribution in [0.4, 0.5) is 9.52 Å². The van der Waals surface area contributed by atoms with Crippen LogP contribution in [0.25, 0.3) is 11.0 Å². The molecule has 0 fully saturated rings. The van der Waals surface area contributed by atoms with Gasteiger partial charge < -0.3 is 4.42 Å². The van der Waals surface area contributed by atoms with Crippen molar-refractivity contribution in [2.45, 2.75) is 13.0 Å². The second-order valence-electron chi connectivity index (χ2n) is 6.53. The summed E-state index contributed by atoms with van der Waals surface area (Å²) in [6.07, 6.45) is 0. The number of fused-ring (bicyclic) bond motifs is 2. The number of aromatic nitrogens is 2. The molecule has 138 valence electrons. The number of carbonyl (C=O) groups excluding carboxylic acids is 1. The molecule has 2 aromatic heterocycles. The van der Waals surface area contributed by atoms with Gasteiger partial charge in [-0.05, 0) is 36.8 Å². The van der Waals surface area contributed by atoms with Crippen molar-refractivity contribution >= 4 is 33.3 Å². The van der Waals surface area contributed by atoms with Crippen LogP contribution in [0.15, 0.2) is 57.2 Å². The number of carbonyl (C=O) groups is 1. The number of amides is 1. The van der Waals surface area contributed by atoms with Gasteiger partial charge in [0.25, 0.3) is 5.91 Å². The minimum atomic E-state index is -0.840. The van der Waals surface area contributed by atoms with Crippen LogP contribution in [-0.4, -0.2) is 16.1 Å². The van der Waals surface area contributed by atoms with Gasteiger partial charge >= 0.3 is 0 Å². The van der Waals surface area contributed by atoms with Crippen molar-refractivity contribution < 1.29 is 13.6 Å². The zero-order valence-corrected chi connectivity index (χ0v) is 15.4. The number of hydrogen-bond donors (Lipinski definition) is 0. The molecule has 0 spiro atoms. The highest BCUT2D eigenvalue weighted by atomic mass is 32.1. The van der Waals surface area contributed by atoms with Gasteiger partial charge in [0, 0.05) is 0 Å². The van der Waals surface area contributed by atoms with E-state index in [9.17, 15) is 14.0 Å². The average molecular weight is 393 g/mol. The Bertz CT molecular complexity index is 1300. The van der Waals surface area contributed by atoms with Gasteiger partial charge in [-0.3, -0.25) is 14.5 Å². The molecule has 0 N–H and O–H groups in total. The molecule has 3 heterocycles. The first-order valence-electron chi connectivity index (χ1n) is 8.47. The molecule has 0 unspecified atom stereocenters. The zero-order valence-electron chi connectivity index (χ0n) is 14.5. The number of aryl methyl sites for hydroxylation is 1. The van der Waals surface area contributed by atoms with E-state index < -0.39 is 17.8 Å². The summed E-state index contributed by atoms with van der Waals surface area (Å²) in [5.41, 5.74) is 3.05. The normalized spacial score (nSPS) is 16.0. The lowest BCUT2D eigenvalue weighted by Gasteiger charge is -2.22. The molecule has 0 aliphatic carbocycles. The maximum atomic E-state index is 13.9. The van der Waals surface area contributed by atoms with Crippen LogP contribution in [0.3, 0.4) is 0 Å². The lowest BCUT2D eigenvalue weighted by molar-refractivity contribution is 0.0970. The van der Waals surface area contributed by atoms with E-state index in [-0.39, 0.29) is 16.8 Å². The number of anilines is 1. The van der Waals surface area contributed by atoms with Crippen molar-refractivity contribution in [2.24, 2.45) is 0 Å². The molecule has 4 aromatic rings. The van der Waals surface area contributed by atoms with E-state index in [1.54, 1.807) is 18.2 Å². The predicted octanol–water partition coefficient (Wildman–Crippen LogP) is 3.84. The Morgan fingerprint density at radius 1 is 1.18 bits per heavy atom. The van der Waals surface area contributed by atoms with Gasteiger partial charge in [0.15, 0.2) is 5.43 Å². The molecule has 0 saturated carbocycles. The molecular formula is C20H12FN3O3S. The third kappa shape index (κ3) is 2.38. The quantitative estimate of drug-likeness (QED) is 0.517. The maximum absolute atomic E-state index is 13.9. The van der Waals surface area contributed by atoms with Crippen LogP contribution >= 0.6 is 11.3 Å². The van der Waals surface area contributed by atoms with Gasteiger partial charge in [-0.1, -0.05) is 35.1 Å². The van der Waals surface area contributed by atoms with E-state index in [2.05, 4.69) is 10.2 Å². The zero-order chi connectivity index (χ0) is 19.4. The third-order valence-corrected chi connectivity index (χ3v) is 5.43. The van der Waals surface area contributed by atoms with Gasteiger partial charge in [-0.25, -0.2) is 4.39 Å². The van der Waals surface area contributed by atoms with E-state index in [1.807, 2.05) is 13.0 Å². The van der Waals surface area contributed by atoms with Gasteiger partial charge in [-0.15, -0.1) is 10.2 Å². The highest BCUT2D eigenvalue weighted by Crippen LogP contribution is 2.41. The predicted molar refractivity (Wildman–Crippen MR) is 102 cm³/mol. The summed E-state index contributed by atoms with van der Waals surface area (Å²) < 4.78 is 19.8. The summed E-state index contributed by atoms with van der Waals surface area (Å²) in [5.74, 6) is -1.01. The number of benzene rings is 2. The first kappa shape index (κ1) is 16.8. The Labute approximate surface area is 161 Å². The minimum Gasteiger partial charge on any atom is -0.450 e. The molecule has 0 bridgehead atoms. The summed E-state index contributed by atoms with van der Waals surface area (Å²) in [6, 6.07) is 10.2. The van der Waals surface area contributed by atoms with Crippen LogP contribution < -0.4 is 10.3 Å².